The minimum absolute atomic E-state index is 0.145. The Morgan fingerprint density at radius 3 is 2.95 bits per heavy atom. The molecule has 1 aliphatic rings. The van der Waals surface area contributed by atoms with Crippen LogP contribution in [0.4, 0.5) is 0 Å². The number of hydrogen-bond donors (Lipinski definition) is 3. The molecule has 5 heteroatoms. The quantitative estimate of drug-likeness (QED) is 0.717. The van der Waals surface area contributed by atoms with Crippen molar-refractivity contribution < 1.29 is 15.0 Å². The van der Waals surface area contributed by atoms with Crippen molar-refractivity contribution in [1.29, 1.82) is 0 Å². The smallest absolute Gasteiger partial charge is 0.257 e. The van der Waals surface area contributed by atoms with Gasteiger partial charge in [-0.15, -0.1) is 0 Å². The Labute approximate surface area is 112 Å². The number of para-hydroxylation sites is 1. The monoisotopic (exact) mass is 264 g/mol. The second-order valence-electron chi connectivity index (χ2n) is 5.07. The van der Waals surface area contributed by atoms with Crippen LogP contribution in [0.2, 0.25) is 0 Å². The number of hydrogen-bond acceptors (Lipinski definition) is 4. The third kappa shape index (κ3) is 3.17. The van der Waals surface area contributed by atoms with Gasteiger partial charge in [0.25, 0.3) is 5.91 Å². The number of rotatable bonds is 3. The van der Waals surface area contributed by atoms with Gasteiger partial charge in [0.15, 0.2) is 11.5 Å². The Morgan fingerprint density at radius 2 is 2.26 bits per heavy atom. The summed E-state index contributed by atoms with van der Waals surface area (Å²) in [7, 11) is 1.72. The molecule has 0 saturated carbocycles. The van der Waals surface area contributed by atoms with Gasteiger partial charge in [-0.1, -0.05) is 6.07 Å². The van der Waals surface area contributed by atoms with Crippen LogP contribution < -0.4 is 5.32 Å². The van der Waals surface area contributed by atoms with E-state index in [9.17, 15) is 15.0 Å². The number of benzene rings is 1. The van der Waals surface area contributed by atoms with Crippen molar-refractivity contribution in [1.82, 2.24) is 10.2 Å². The van der Waals surface area contributed by atoms with E-state index < -0.39 is 0 Å². The highest BCUT2D eigenvalue weighted by Gasteiger charge is 2.21. The van der Waals surface area contributed by atoms with Crippen LogP contribution in [0.1, 0.15) is 23.2 Å². The van der Waals surface area contributed by atoms with Crippen LogP contribution in [-0.2, 0) is 0 Å². The van der Waals surface area contributed by atoms with E-state index in [1.807, 2.05) is 0 Å². The first kappa shape index (κ1) is 13.7. The van der Waals surface area contributed by atoms with Gasteiger partial charge in [0.05, 0.1) is 5.56 Å². The lowest BCUT2D eigenvalue weighted by Gasteiger charge is -2.27. The summed E-state index contributed by atoms with van der Waals surface area (Å²) in [6.07, 6.45) is 2.24. The molecule has 0 aliphatic carbocycles. The Balaban J connectivity index is 2.03. The predicted octanol–water partition coefficient (Wildman–Crippen LogP) is 1.17. The summed E-state index contributed by atoms with van der Waals surface area (Å²) in [6.45, 7) is 2.62. The molecule has 19 heavy (non-hydrogen) atoms. The number of aromatic hydroxyl groups is 2. The van der Waals surface area contributed by atoms with E-state index in [0.717, 1.165) is 25.9 Å². The number of carbonyl (C=O) groups is 1. The van der Waals surface area contributed by atoms with Crippen molar-refractivity contribution in [2.75, 3.05) is 26.7 Å². The number of nitrogens with one attached hydrogen (secondary N) is 1. The third-order valence-electron chi connectivity index (χ3n) is 3.52. The molecule has 5 nitrogen and oxygen atoms in total. The zero-order valence-electron chi connectivity index (χ0n) is 11.1. The van der Waals surface area contributed by atoms with Gasteiger partial charge in [-0.05, 0) is 44.0 Å². The van der Waals surface area contributed by atoms with Gasteiger partial charge in [0.1, 0.15) is 0 Å². The molecule has 1 aromatic rings. The fraction of sp³-hybridized carbons (Fsp3) is 0.500. The molecule has 1 unspecified atom stereocenters. The first-order chi connectivity index (χ1) is 9.09. The number of phenolic OH excluding ortho intramolecular Hbond substituents is 2. The summed E-state index contributed by atoms with van der Waals surface area (Å²) in [6, 6.07) is 4.43. The van der Waals surface area contributed by atoms with Crippen molar-refractivity contribution in [3.05, 3.63) is 23.8 Å². The van der Waals surface area contributed by atoms with Gasteiger partial charge >= 0.3 is 0 Å². The molecule has 0 spiro atoms. The van der Waals surface area contributed by atoms with Crippen molar-refractivity contribution in [3.8, 4) is 11.5 Å². The average molecular weight is 264 g/mol. The summed E-state index contributed by atoms with van der Waals surface area (Å²) in [4.78, 5) is 13.8. The minimum atomic E-state index is -0.346. The lowest BCUT2D eigenvalue weighted by molar-refractivity contribution is 0.0761. The summed E-state index contributed by atoms with van der Waals surface area (Å²) < 4.78 is 0. The molecule has 3 N–H and O–H groups in total. The number of nitrogens with zero attached hydrogens (tertiary/aromatic N) is 1. The van der Waals surface area contributed by atoms with Gasteiger partial charge < -0.3 is 20.4 Å². The Kier molecular flexibility index (Phi) is 4.27. The highest BCUT2D eigenvalue weighted by Crippen LogP contribution is 2.29. The molecule has 1 saturated heterocycles. The molecule has 1 aliphatic heterocycles. The van der Waals surface area contributed by atoms with E-state index in [-0.39, 0.29) is 23.0 Å². The van der Waals surface area contributed by atoms with Gasteiger partial charge in [-0.3, -0.25) is 4.79 Å². The predicted molar refractivity (Wildman–Crippen MR) is 72.3 cm³/mol. The van der Waals surface area contributed by atoms with Crippen LogP contribution in [0.5, 0.6) is 11.5 Å². The first-order valence-corrected chi connectivity index (χ1v) is 6.56. The molecule has 1 atom stereocenters. The number of carbonyl (C=O) groups excluding carboxylic acids is 1. The number of piperidine rings is 1. The average Bonchev–Trinajstić information content (AvgIpc) is 2.42. The summed E-state index contributed by atoms with van der Waals surface area (Å²) >= 11 is 0. The van der Waals surface area contributed by atoms with Crippen molar-refractivity contribution >= 4 is 5.91 Å². The molecule has 104 valence electrons. The maximum absolute atomic E-state index is 12.2. The van der Waals surface area contributed by atoms with Crippen LogP contribution in [0, 0.1) is 5.92 Å². The second kappa shape index (κ2) is 5.93. The van der Waals surface area contributed by atoms with Crippen LogP contribution >= 0.6 is 0 Å². The molecule has 1 heterocycles. The van der Waals surface area contributed by atoms with Gasteiger partial charge in [0.2, 0.25) is 0 Å². The van der Waals surface area contributed by atoms with Gasteiger partial charge in [-0.2, -0.15) is 0 Å². The molecule has 0 aromatic heterocycles. The molecule has 1 amide bonds. The zero-order valence-corrected chi connectivity index (χ0v) is 11.1. The van der Waals surface area contributed by atoms with E-state index in [1.165, 1.54) is 12.1 Å². The molecule has 1 aromatic carbocycles. The molecule has 0 radical (unpaired) electrons. The summed E-state index contributed by atoms with van der Waals surface area (Å²) in [5.41, 5.74) is 0.145. The molecular weight excluding hydrogens is 244 g/mol. The minimum Gasteiger partial charge on any atom is -0.504 e. The number of amides is 1. The molecule has 0 bridgehead atoms. The molecule has 1 fully saturated rings. The van der Waals surface area contributed by atoms with Crippen molar-refractivity contribution in [2.24, 2.45) is 5.92 Å². The highest BCUT2D eigenvalue weighted by molar-refractivity contribution is 5.97. The fourth-order valence-electron chi connectivity index (χ4n) is 2.46. The van der Waals surface area contributed by atoms with Gasteiger partial charge in [-0.25, -0.2) is 0 Å². The van der Waals surface area contributed by atoms with E-state index in [1.54, 1.807) is 18.0 Å². The Hall–Kier alpha value is -1.75. The SMILES string of the molecule is CN(CC1CCCNC1)C(=O)c1cccc(O)c1O. The summed E-state index contributed by atoms with van der Waals surface area (Å²) in [5, 5.41) is 22.4. The normalized spacial score (nSPS) is 19.1. The van der Waals surface area contributed by atoms with Crippen LogP contribution in [0.3, 0.4) is 0 Å². The lowest BCUT2D eigenvalue weighted by Crippen LogP contribution is -2.39. The maximum Gasteiger partial charge on any atom is 0.257 e. The van der Waals surface area contributed by atoms with Crippen LogP contribution in [0.15, 0.2) is 18.2 Å². The van der Waals surface area contributed by atoms with E-state index in [4.69, 9.17) is 0 Å². The van der Waals surface area contributed by atoms with E-state index in [0.29, 0.717) is 12.5 Å². The van der Waals surface area contributed by atoms with Crippen LogP contribution in [0.25, 0.3) is 0 Å². The lowest BCUT2D eigenvalue weighted by atomic mass is 9.99. The summed E-state index contributed by atoms with van der Waals surface area (Å²) in [5.74, 6) is -0.430. The fourth-order valence-corrected chi connectivity index (χ4v) is 2.46. The topological polar surface area (TPSA) is 72.8 Å². The van der Waals surface area contributed by atoms with Crippen LogP contribution in [-0.4, -0.2) is 47.7 Å². The standard InChI is InChI=1S/C14H20N2O3/c1-16(9-10-4-3-7-15-8-10)14(19)11-5-2-6-12(17)13(11)18/h2,5-6,10,15,17-18H,3-4,7-9H2,1H3. The largest absolute Gasteiger partial charge is 0.504 e. The third-order valence-corrected chi connectivity index (χ3v) is 3.52. The second-order valence-corrected chi connectivity index (χ2v) is 5.07. The Morgan fingerprint density at radius 1 is 1.47 bits per heavy atom. The maximum atomic E-state index is 12.2. The molecule has 2 rings (SSSR count). The van der Waals surface area contributed by atoms with Gasteiger partial charge in [0, 0.05) is 13.6 Å². The highest BCUT2D eigenvalue weighted by atomic mass is 16.3. The van der Waals surface area contributed by atoms with E-state index >= 15 is 0 Å². The zero-order chi connectivity index (χ0) is 13.8. The first-order valence-electron chi connectivity index (χ1n) is 6.56. The molecular formula is C14H20N2O3. The van der Waals surface area contributed by atoms with Crippen molar-refractivity contribution in [2.45, 2.75) is 12.8 Å². The Bertz CT molecular complexity index is 456. The van der Waals surface area contributed by atoms with E-state index in [2.05, 4.69) is 5.32 Å². The van der Waals surface area contributed by atoms with Crippen molar-refractivity contribution in [3.63, 3.8) is 0 Å². The number of phenols is 2.